The second-order valence-electron chi connectivity index (χ2n) is 6.75. The van der Waals surface area contributed by atoms with Gasteiger partial charge >= 0.3 is 6.18 Å². The number of aliphatic imine (C=N–C) groups is 1. The predicted molar refractivity (Wildman–Crippen MR) is 105 cm³/mol. The van der Waals surface area contributed by atoms with Gasteiger partial charge in [0.15, 0.2) is 12.6 Å². The largest absolute Gasteiger partial charge is 0.468 e. The Morgan fingerprint density at radius 2 is 2.26 bits per heavy atom. The van der Waals surface area contributed by atoms with E-state index in [-0.39, 0.29) is 41.8 Å². The Morgan fingerprint density at radius 3 is 2.93 bits per heavy atom. The summed E-state index contributed by atoms with van der Waals surface area (Å²) in [4.78, 5) is 10.4. The minimum absolute atomic E-state index is 0. The van der Waals surface area contributed by atoms with Crippen LogP contribution in [0.15, 0.2) is 23.3 Å². The van der Waals surface area contributed by atoms with Gasteiger partial charge in [0.25, 0.3) is 0 Å². The monoisotopic (exact) mass is 500 g/mol. The fourth-order valence-electron chi connectivity index (χ4n) is 3.43. The third kappa shape index (κ3) is 5.84. The lowest BCUT2D eigenvalue weighted by molar-refractivity contribution is -0.154. The molecular weight excluding hydrogens is 476 g/mol. The number of nitrogens with zero attached hydrogens (tertiary/aromatic N) is 3. The van der Waals surface area contributed by atoms with Gasteiger partial charge in [0.1, 0.15) is 0 Å². The van der Waals surface area contributed by atoms with Crippen molar-refractivity contribution in [3.8, 4) is 5.88 Å². The van der Waals surface area contributed by atoms with Crippen molar-refractivity contribution in [2.75, 3.05) is 40.0 Å². The highest BCUT2D eigenvalue weighted by Gasteiger charge is 2.42. The standard InChI is InChI=1S/C17H23F3N4O2.HI/c1-21-15(24-7-4-16(10-24)5-8-25-11-16)23-9-13-3-2-6-22-14(13)26-12-17(18,19)20;/h2-3,6H,4-5,7-12H2,1H3,(H,21,23);1H. The molecule has 1 N–H and O–H groups in total. The highest BCUT2D eigenvalue weighted by Crippen LogP contribution is 2.38. The van der Waals surface area contributed by atoms with E-state index in [1.54, 1.807) is 19.2 Å². The Labute approximate surface area is 173 Å². The van der Waals surface area contributed by atoms with Crippen molar-refractivity contribution in [3.05, 3.63) is 23.9 Å². The second kappa shape index (κ2) is 9.26. The lowest BCUT2D eigenvalue weighted by Gasteiger charge is -2.25. The molecule has 3 heterocycles. The highest BCUT2D eigenvalue weighted by atomic mass is 127. The molecule has 2 aliphatic heterocycles. The quantitative estimate of drug-likeness (QED) is 0.392. The van der Waals surface area contributed by atoms with Gasteiger partial charge in [-0.15, -0.1) is 24.0 Å². The smallest absolute Gasteiger partial charge is 0.422 e. The first-order valence-corrected chi connectivity index (χ1v) is 8.58. The first-order valence-electron chi connectivity index (χ1n) is 8.58. The van der Waals surface area contributed by atoms with Crippen molar-refractivity contribution in [3.63, 3.8) is 0 Å². The van der Waals surface area contributed by atoms with Crippen LogP contribution in [0.2, 0.25) is 0 Å². The topological polar surface area (TPSA) is 59.0 Å². The number of likely N-dealkylation sites (tertiary alicyclic amines) is 1. The van der Waals surface area contributed by atoms with Crippen LogP contribution in [0.4, 0.5) is 13.2 Å². The fourth-order valence-corrected chi connectivity index (χ4v) is 3.43. The molecule has 0 saturated carbocycles. The van der Waals surface area contributed by atoms with Crippen LogP contribution in [-0.4, -0.2) is 62.0 Å². The Morgan fingerprint density at radius 1 is 1.44 bits per heavy atom. The third-order valence-electron chi connectivity index (χ3n) is 4.79. The summed E-state index contributed by atoms with van der Waals surface area (Å²) in [7, 11) is 1.70. The molecule has 1 atom stereocenters. The van der Waals surface area contributed by atoms with Crippen molar-refractivity contribution in [2.24, 2.45) is 10.4 Å². The summed E-state index contributed by atoms with van der Waals surface area (Å²) in [5, 5.41) is 3.21. The zero-order chi connectivity index (χ0) is 18.6. The van der Waals surface area contributed by atoms with Gasteiger partial charge in [-0.25, -0.2) is 4.98 Å². The average molecular weight is 500 g/mol. The molecule has 3 rings (SSSR count). The van der Waals surface area contributed by atoms with E-state index in [0.29, 0.717) is 5.56 Å². The predicted octanol–water partition coefficient (Wildman–Crippen LogP) is 2.83. The third-order valence-corrected chi connectivity index (χ3v) is 4.79. The SMILES string of the molecule is CN=C(NCc1cccnc1OCC(F)(F)F)N1CCC2(CCOC2)C1.I. The van der Waals surface area contributed by atoms with Crippen LogP contribution in [0.3, 0.4) is 0 Å². The van der Waals surface area contributed by atoms with Crippen LogP contribution in [0, 0.1) is 5.41 Å². The molecule has 1 aromatic heterocycles. The highest BCUT2D eigenvalue weighted by molar-refractivity contribution is 14.0. The second-order valence-corrected chi connectivity index (χ2v) is 6.75. The Bertz CT molecular complexity index is 651. The minimum atomic E-state index is -4.40. The van der Waals surface area contributed by atoms with Crippen molar-refractivity contribution < 1.29 is 22.6 Å². The first kappa shape index (κ1) is 22.0. The molecular formula is C17H24F3IN4O2. The normalized spacial score (nSPS) is 22.8. The fraction of sp³-hybridized carbons (Fsp3) is 0.647. The summed E-state index contributed by atoms with van der Waals surface area (Å²) in [6.45, 7) is 2.26. The van der Waals surface area contributed by atoms with E-state index < -0.39 is 12.8 Å². The Balaban J connectivity index is 0.00000261. The molecule has 0 amide bonds. The van der Waals surface area contributed by atoms with Gasteiger partial charge in [-0.2, -0.15) is 13.2 Å². The van der Waals surface area contributed by atoms with E-state index in [2.05, 4.69) is 20.2 Å². The van der Waals surface area contributed by atoms with Crippen molar-refractivity contribution in [1.29, 1.82) is 0 Å². The van der Waals surface area contributed by atoms with E-state index in [9.17, 15) is 13.2 Å². The van der Waals surface area contributed by atoms with Crippen LogP contribution in [0.1, 0.15) is 18.4 Å². The molecule has 0 aliphatic carbocycles. The Kier molecular flexibility index (Phi) is 7.55. The van der Waals surface area contributed by atoms with Crippen LogP contribution >= 0.6 is 24.0 Å². The van der Waals surface area contributed by atoms with Gasteiger partial charge in [0, 0.05) is 50.5 Å². The molecule has 2 aliphatic rings. The number of hydrogen-bond donors (Lipinski definition) is 1. The summed E-state index contributed by atoms with van der Waals surface area (Å²) in [6, 6.07) is 3.36. The molecule has 6 nitrogen and oxygen atoms in total. The number of halogens is 4. The van der Waals surface area contributed by atoms with Crippen molar-refractivity contribution >= 4 is 29.9 Å². The maximum absolute atomic E-state index is 12.4. The number of aromatic nitrogens is 1. The van der Waals surface area contributed by atoms with Gasteiger partial charge in [0.05, 0.1) is 6.61 Å². The van der Waals surface area contributed by atoms with Gasteiger partial charge in [-0.05, 0) is 18.9 Å². The summed E-state index contributed by atoms with van der Waals surface area (Å²) >= 11 is 0. The molecule has 2 fully saturated rings. The first-order chi connectivity index (χ1) is 12.4. The van der Waals surface area contributed by atoms with Crippen LogP contribution < -0.4 is 10.1 Å². The lowest BCUT2D eigenvalue weighted by Crippen LogP contribution is -2.41. The molecule has 1 aromatic rings. The van der Waals surface area contributed by atoms with Gasteiger partial charge < -0.3 is 19.7 Å². The molecule has 152 valence electrons. The van der Waals surface area contributed by atoms with Crippen LogP contribution in [0.25, 0.3) is 0 Å². The summed E-state index contributed by atoms with van der Waals surface area (Å²) in [5.41, 5.74) is 0.753. The van der Waals surface area contributed by atoms with Crippen LogP contribution in [-0.2, 0) is 11.3 Å². The number of ether oxygens (including phenoxy) is 2. The summed E-state index contributed by atoms with van der Waals surface area (Å²) < 4.78 is 47.5. The number of nitrogens with one attached hydrogen (secondary N) is 1. The molecule has 1 spiro atoms. The zero-order valence-electron chi connectivity index (χ0n) is 15.1. The maximum atomic E-state index is 12.4. The Hall–Kier alpha value is -1.30. The number of hydrogen-bond acceptors (Lipinski definition) is 4. The summed E-state index contributed by atoms with van der Waals surface area (Å²) in [6.07, 6.45) is -0.876. The molecule has 2 saturated heterocycles. The van der Waals surface area contributed by atoms with E-state index in [1.807, 2.05) is 0 Å². The van der Waals surface area contributed by atoms with E-state index in [4.69, 9.17) is 9.47 Å². The van der Waals surface area contributed by atoms with E-state index in [0.717, 1.165) is 45.1 Å². The number of alkyl halides is 3. The van der Waals surface area contributed by atoms with Crippen molar-refractivity contribution in [1.82, 2.24) is 15.2 Å². The zero-order valence-corrected chi connectivity index (χ0v) is 17.4. The molecule has 10 heteroatoms. The minimum Gasteiger partial charge on any atom is -0.468 e. The van der Waals surface area contributed by atoms with Crippen LogP contribution in [0.5, 0.6) is 5.88 Å². The molecule has 27 heavy (non-hydrogen) atoms. The van der Waals surface area contributed by atoms with Gasteiger partial charge in [-0.3, -0.25) is 4.99 Å². The number of pyridine rings is 1. The van der Waals surface area contributed by atoms with E-state index >= 15 is 0 Å². The van der Waals surface area contributed by atoms with E-state index in [1.165, 1.54) is 6.20 Å². The molecule has 0 bridgehead atoms. The van der Waals surface area contributed by atoms with Gasteiger partial charge in [-0.1, -0.05) is 6.07 Å². The number of rotatable bonds is 4. The average Bonchev–Trinajstić information content (AvgIpc) is 3.24. The lowest BCUT2D eigenvalue weighted by atomic mass is 9.87. The number of guanidine groups is 1. The molecule has 0 aromatic carbocycles. The van der Waals surface area contributed by atoms with Crippen molar-refractivity contribution in [2.45, 2.75) is 25.6 Å². The van der Waals surface area contributed by atoms with Gasteiger partial charge in [0.2, 0.25) is 5.88 Å². The molecule has 0 radical (unpaired) electrons. The summed E-state index contributed by atoms with van der Waals surface area (Å²) in [5.74, 6) is 0.703. The molecule has 1 unspecified atom stereocenters. The maximum Gasteiger partial charge on any atom is 0.422 e.